The van der Waals surface area contributed by atoms with Crippen LogP contribution in [-0.4, -0.2) is 34.6 Å². The van der Waals surface area contributed by atoms with Crippen LogP contribution in [0.4, 0.5) is 0 Å². The second-order valence-electron chi connectivity index (χ2n) is 4.12. The average Bonchev–Trinajstić information content (AvgIpc) is 2.36. The Kier molecular flexibility index (Phi) is 6.26. The van der Waals surface area contributed by atoms with Crippen molar-refractivity contribution in [1.82, 2.24) is 5.32 Å². The Bertz CT molecular complexity index is 602. The van der Waals surface area contributed by atoms with Crippen molar-refractivity contribution in [3.05, 3.63) is 28.3 Å². The Balaban J connectivity index is 2.99. The number of benzene rings is 1. The molecule has 0 atom stereocenters. The number of amides is 1. The van der Waals surface area contributed by atoms with Gasteiger partial charge in [-0.15, -0.1) is 0 Å². The monoisotopic (exact) mass is 339 g/mol. The fourth-order valence-electron chi connectivity index (χ4n) is 1.54. The summed E-state index contributed by atoms with van der Waals surface area (Å²) in [4.78, 5) is 11.8. The van der Waals surface area contributed by atoms with Crippen LogP contribution in [0.2, 0.25) is 5.02 Å². The standard InChI is InChI=1S/C12H15Cl2NO4S/c1-8-10(12(16)15-4-3-5-19-2)6-9(7-11(8)13)20(14,17)18/h6-7H,3-5H2,1-2H3,(H,15,16). The van der Waals surface area contributed by atoms with Gasteiger partial charge in [0.2, 0.25) is 0 Å². The molecule has 8 heteroatoms. The summed E-state index contributed by atoms with van der Waals surface area (Å²) in [6, 6.07) is 2.44. The molecule has 0 radical (unpaired) electrons. The topological polar surface area (TPSA) is 72.5 Å². The Hall–Kier alpha value is -0.820. The van der Waals surface area contributed by atoms with E-state index in [1.165, 1.54) is 12.1 Å². The quantitative estimate of drug-likeness (QED) is 0.637. The van der Waals surface area contributed by atoms with Crippen LogP contribution in [0.5, 0.6) is 0 Å². The average molecular weight is 340 g/mol. The third-order valence-corrected chi connectivity index (χ3v) is 4.38. The van der Waals surface area contributed by atoms with Crippen LogP contribution >= 0.6 is 22.3 Å². The van der Waals surface area contributed by atoms with E-state index < -0.39 is 15.0 Å². The molecule has 0 spiro atoms. The molecule has 1 N–H and O–H groups in total. The molecule has 0 saturated heterocycles. The summed E-state index contributed by atoms with van der Waals surface area (Å²) >= 11 is 5.93. The molecular formula is C12H15Cl2NO4S. The molecule has 1 rings (SSSR count). The molecule has 1 aromatic rings. The summed E-state index contributed by atoms with van der Waals surface area (Å²) < 4.78 is 27.5. The first-order chi connectivity index (χ1) is 9.27. The largest absolute Gasteiger partial charge is 0.385 e. The Morgan fingerprint density at radius 2 is 2.05 bits per heavy atom. The van der Waals surface area contributed by atoms with Crippen molar-refractivity contribution in [3.63, 3.8) is 0 Å². The van der Waals surface area contributed by atoms with Gasteiger partial charge in [-0.05, 0) is 31.0 Å². The summed E-state index contributed by atoms with van der Waals surface area (Å²) in [6.07, 6.45) is 0.655. The molecule has 0 bridgehead atoms. The van der Waals surface area contributed by atoms with Gasteiger partial charge in [0.05, 0.1) is 4.90 Å². The van der Waals surface area contributed by atoms with Crippen LogP contribution in [-0.2, 0) is 13.8 Å². The molecule has 0 heterocycles. The van der Waals surface area contributed by atoms with Gasteiger partial charge in [-0.1, -0.05) is 11.6 Å². The third kappa shape index (κ3) is 4.63. The zero-order chi connectivity index (χ0) is 15.3. The Morgan fingerprint density at radius 3 is 2.60 bits per heavy atom. The minimum absolute atomic E-state index is 0.175. The van der Waals surface area contributed by atoms with E-state index in [2.05, 4.69) is 5.32 Å². The van der Waals surface area contributed by atoms with E-state index in [4.69, 9.17) is 27.0 Å². The molecule has 5 nitrogen and oxygen atoms in total. The van der Waals surface area contributed by atoms with Crippen molar-refractivity contribution in [2.45, 2.75) is 18.2 Å². The summed E-state index contributed by atoms with van der Waals surface area (Å²) in [6.45, 7) is 2.58. The van der Waals surface area contributed by atoms with Crippen molar-refractivity contribution in [1.29, 1.82) is 0 Å². The number of ether oxygens (including phenoxy) is 1. The van der Waals surface area contributed by atoms with Crippen LogP contribution < -0.4 is 5.32 Å². The molecule has 0 aliphatic carbocycles. The van der Waals surface area contributed by atoms with Crippen LogP contribution in [0.1, 0.15) is 22.3 Å². The molecule has 20 heavy (non-hydrogen) atoms. The molecule has 0 fully saturated rings. The maximum Gasteiger partial charge on any atom is 0.261 e. The van der Waals surface area contributed by atoms with Gasteiger partial charge in [0, 0.05) is 41.5 Å². The highest BCUT2D eigenvalue weighted by Crippen LogP contribution is 2.26. The van der Waals surface area contributed by atoms with E-state index in [9.17, 15) is 13.2 Å². The molecule has 0 saturated carbocycles. The first-order valence-corrected chi connectivity index (χ1v) is 8.48. The smallest absolute Gasteiger partial charge is 0.261 e. The molecule has 1 amide bonds. The van der Waals surface area contributed by atoms with Crippen molar-refractivity contribution in [2.24, 2.45) is 0 Å². The Labute approximate surface area is 127 Å². The van der Waals surface area contributed by atoms with E-state index in [1.807, 2.05) is 0 Å². The normalized spacial score (nSPS) is 11.4. The van der Waals surface area contributed by atoms with Gasteiger partial charge in [-0.2, -0.15) is 0 Å². The molecule has 1 aromatic carbocycles. The SMILES string of the molecule is COCCCNC(=O)c1cc(S(=O)(=O)Cl)cc(Cl)c1C. The molecule has 0 aromatic heterocycles. The molecule has 0 unspecified atom stereocenters. The Morgan fingerprint density at radius 1 is 1.40 bits per heavy atom. The van der Waals surface area contributed by atoms with E-state index in [0.29, 0.717) is 25.1 Å². The van der Waals surface area contributed by atoms with Gasteiger partial charge in [0.1, 0.15) is 0 Å². The van der Waals surface area contributed by atoms with Gasteiger partial charge in [0.15, 0.2) is 0 Å². The fraction of sp³-hybridized carbons (Fsp3) is 0.417. The minimum Gasteiger partial charge on any atom is -0.385 e. The summed E-state index contributed by atoms with van der Waals surface area (Å²) in [5.41, 5.74) is 0.689. The van der Waals surface area contributed by atoms with E-state index >= 15 is 0 Å². The van der Waals surface area contributed by atoms with Crippen LogP contribution in [0, 0.1) is 6.92 Å². The second kappa shape index (κ2) is 7.26. The lowest BCUT2D eigenvalue weighted by atomic mass is 10.1. The number of halogens is 2. The van der Waals surface area contributed by atoms with Gasteiger partial charge >= 0.3 is 0 Å². The zero-order valence-corrected chi connectivity index (χ0v) is 13.4. The van der Waals surface area contributed by atoms with Gasteiger partial charge in [-0.3, -0.25) is 4.79 Å². The number of hydrogen-bond donors (Lipinski definition) is 1. The predicted octanol–water partition coefficient (Wildman–Crippen LogP) is 2.34. The fourth-order valence-corrected chi connectivity index (χ4v) is 2.61. The van der Waals surface area contributed by atoms with Gasteiger partial charge in [-0.25, -0.2) is 8.42 Å². The van der Waals surface area contributed by atoms with E-state index in [-0.39, 0.29) is 15.5 Å². The maximum atomic E-state index is 12.0. The first kappa shape index (κ1) is 17.2. The number of carbonyl (C=O) groups is 1. The van der Waals surface area contributed by atoms with Crippen molar-refractivity contribution >= 4 is 37.2 Å². The highest BCUT2D eigenvalue weighted by atomic mass is 35.7. The molecular weight excluding hydrogens is 325 g/mol. The zero-order valence-electron chi connectivity index (χ0n) is 11.1. The maximum absolute atomic E-state index is 12.0. The van der Waals surface area contributed by atoms with Crippen molar-refractivity contribution < 1.29 is 17.9 Å². The molecule has 0 aliphatic heterocycles. The lowest BCUT2D eigenvalue weighted by molar-refractivity contribution is 0.0948. The minimum atomic E-state index is -3.94. The lowest BCUT2D eigenvalue weighted by Gasteiger charge is -2.10. The number of hydrogen-bond acceptors (Lipinski definition) is 4. The molecule has 0 aliphatic rings. The van der Waals surface area contributed by atoms with Crippen LogP contribution in [0.25, 0.3) is 0 Å². The van der Waals surface area contributed by atoms with E-state index in [1.54, 1.807) is 14.0 Å². The number of rotatable bonds is 6. The van der Waals surface area contributed by atoms with Crippen LogP contribution in [0.15, 0.2) is 17.0 Å². The van der Waals surface area contributed by atoms with E-state index in [0.717, 1.165) is 0 Å². The van der Waals surface area contributed by atoms with Gasteiger partial charge in [0.25, 0.3) is 15.0 Å². The molecule has 112 valence electrons. The third-order valence-electron chi connectivity index (χ3n) is 2.65. The highest BCUT2D eigenvalue weighted by Gasteiger charge is 2.18. The predicted molar refractivity (Wildman–Crippen MR) is 78.1 cm³/mol. The van der Waals surface area contributed by atoms with Crippen molar-refractivity contribution in [2.75, 3.05) is 20.3 Å². The summed E-state index contributed by atoms with van der Waals surface area (Å²) in [5, 5.41) is 2.84. The van der Waals surface area contributed by atoms with Crippen molar-refractivity contribution in [3.8, 4) is 0 Å². The first-order valence-electron chi connectivity index (χ1n) is 5.79. The number of nitrogens with one attached hydrogen (secondary N) is 1. The number of carbonyl (C=O) groups excluding carboxylic acids is 1. The summed E-state index contributed by atoms with van der Waals surface area (Å²) in [5.74, 6) is -0.400. The lowest BCUT2D eigenvalue weighted by Crippen LogP contribution is -2.26. The van der Waals surface area contributed by atoms with Gasteiger partial charge < -0.3 is 10.1 Å². The highest BCUT2D eigenvalue weighted by molar-refractivity contribution is 8.13. The summed E-state index contributed by atoms with van der Waals surface area (Å²) in [7, 11) is 2.90. The second-order valence-corrected chi connectivity index (χ2v) is 7.09. The van der Waals surface area contributed by atoms with Crippen LogP contribution in [0.3, 0.4) is 0 Å². The number of methoxy groups -OCH3 is 1.